The number of ether oxygens (including phenoxy) is 2. The van der Waals surface area contributed by atoms with E-state index in [0.717, 1.165) is 37.6 Å². The smallest absolute Gasteiger partial charge is 0.223 e. The number of likely N-dealkylation sites (tertiary alicyclic amines) is 1. The third-order valence-electron chi connectivity index (χ3n) is 6.15. The van der Waals surface area contributed by atoms with Gasteiger partial charge in [0.2, 0.25) is 5.91 Å². The third-order valence-corrected chi connectivity index (χ3v) is 6.15. The Balaban J connectivity index is 1.30. The molecule has 136 valence electrons. The van der Waals surface area contributed by atoms with Crippen molar-refractivity contribution >= 4 is 5.91 Å². The first-order valence-corrected chi connectivity index (χ1v) is 9.42. The maximum Gasteiger partial charge on any atom is 0.223 e. The van der Waals surface area contributed by atoms with Gasteiger partial charge in [0.05, 0.1) is 14.2 Å². The Morgan fingerprint density at radius 3 is 2.44 bits per heavy atom. The van der Waals surface area contributed by atoms with Crippen LogP contribution in [0.5, 0.6) is 11.5 Å². The van der Waals surface area contributed by atoms with Gasteiger partial charge in [-0.05, 0) is 48.8 Å². The highest BCUT2D eigenvalue weighted by atomic mass is 16.5. The molecule has 0 aromatic heterocycles. The molecule has 0 bridgehead atoms. The van der Waals surface area contributed by atoms with Crippen LogP contribution >= 0.6 is 0 Å². The van der Waals surface area contributed by atoms with Crippen molar-refractivity contribution in [2.45, 2.75) is 38.3 Å². The molecule has 0 unspecified atom stereocenters. The summed E-state index contributed by atoms with van der Waals surface area (Å²) in [7, 11) is 3.35. The fourth-order valence-corrected chi connectivity index (χ4v) is 4.82. The molecule has 0 spiro atoms. The summed E-state index contributed by atoms with van der Waals surface area (Å²) < 4.78 is 10.7. The predicted molar refractivity (Wildman–Crippen MR) is 95.7 cm³/mol. The summed E-state index contributed by atoms with van der Waals surface area (Å²) in [5.41, 5.74) is 1.18. The van der Waals surface area contributed by atoms with Gasteiger partial charge in [-0.3, -0.25) is 9.69 Å². The summed E-state index contributed by atoms with van der Waals surface area (Å²) in [4.78, 5) is 14.8. The van der Waals surface area contributed by atoms with Gasteiger partial charge >= 0.3 is 0 Å². The van der Waals surface area contributed by atoms with Gasteiger partial charge < -0.3 is 14.8 Å². The molecule has 5 heteroatoms. The lowest BCUT2D eigenvalue weighted by Crippen LogP contribution is -2.38. The molecule has 1 amide bonds. The minimum atomic E-state index is 0.293. The first-order chi connectivity index (χ1) is 12.2. The number of nitrogens with zero attached hydrogens (tertiary/aromatic N) is 1. The number of hydrogen-bond acceptors (Lipinski definition) is 4. The Bertz CT molecular complexity index is 616. The lowest BCUT2D eigenvalue weighted by molar-refractivity contribution is -0.123. The average molecular weight is 344 g/mol. The van der Waals surface area contributed by atoms with Crippen molar-refractivity contribution in [3.63, 3.8) is 0 Å². The van der Waals surface area contributed by atoms with Crippen LogP contribution in [-0.2, 0) is 11.3 Å². The summed E-state index contributed by atoms with van der Waals surface area (Å²) in [6, 6.07) is 6.30. The molecule has 2 saturated carbocycles. The highest BCUT2D eigenvalue weighted by Gasteiger charge is 2.56. The highest BCUT2D eigenvalue weighted by molar-refractivity contribution is 5.82. The van der Waals surface area contributed by atoms with Crippen molar-refractivity contribution in [1.82, 2.24) is 10.2 Å². The summed E-state index contributed by atoms with van der Waals surface area (Å²) in [5, 5.41) is 3.30. The second-order valence-corrected chi connectivity index (χ2v) is 7.73. The van der Waals surface area contributed by atoms with E-state index in [2.05, 4.69) is 22.3 Å². The zero-order valence-electron chi connectivity index (χ0n) is 15.2. The molecule has 1 aromatic carbocycles. The van der Waals surface area contributed by atoms with E-state index in [4.69, 9.17) is 9.47 Å². The van der Waals surface area contributed by atoms with Crippen molar-refractivity contribution < 1.29 is 14.3 Å². The van der Waals surface area contributed by atoms with Gasteiger partial charge in [-0.15, -0.1) is 0 Å². The largest absolute Gasteiger partial charge is 0.497 e. The van der Waals surface area contributed by atoms with Crippen LogP contribution < -0.4 is 14.8 Å². The van der Waals surface area contributed by atoms with E-state index in [1.807, 2.05) is 6.07 Å². The highest BCUT2D eigenvalue weighted by Crippen LogP contribution is 2.57. The van der Waals surface area contributed by atoms with Crippen molar-refractivity contribution in [2.24, 2.45) is 17.8 Å². The van der Waals surface area contributed by atoms with Crippen LogP contribution in [0.4, 0.5) is 0 Å². The average Bonchev–Trinajstić information content (AvgIpc) is 2.95. The van der Waals surface area contributed by atoms with Crippen molar-refractivity contribution in [1.29, 1.82) is 0 Å². The van der Waals surface area contributed by atoms with Crippen LogP contribution in [0.3, 0.4) is 0 Å². The van der Waals surface area contributed by atoms with Crippen molar-refractivity contribution in [2.75, 3.05) is 27.3 Å². The normalized spacial score (nSPS) is 30.8. The zero-order valence-corrected chi connectivity index (χ0v) is 15.2. The van der Waals surface area contributed by atoms with E-state index >= 15 is 0 Å². The molecule has 4 rings (SSSR count). The summed E-state index contributed by atoms with van der Waals surface area (Å²) in [5.74, 6) is 3.66. The lowest BCUT2D eigenvalue weighted by atomic mass is 10.1. The number of amides is 1. The molecule has 3 aliphatic rings. The number of methoxy groups -OCH3 is 2. The number of benzene rings is 1. The fourth-order valence-electron chi connectivity index (χ4n) is 4.82. The first-order valence-electron chi connectivity index (χ1n) is 9.42. The Kier molecular flexibility index (Phi) is 4.59. The van der Waals surface area contributed by atoms with Gasteiger partial charge in [-0.25, -0.2) is 0 Å². The number of hydrogen-bond donors (Lipinski definition) is 1. The molecular formula is C20H28N2O3. The fraction of sp³-hybridized carbons (Fsp3) is 0.650. The molecule has 1 saturated heterocycles. The number of nitrogens with one attached hydrogen (secondary N) is 1. The van der Waals surface area contributed by atoms with E-state index in [1.165, 1.54) is 24.8 Å². The van der Waals surface area contributed by atoms with Crippen molar-refractivity contribution in [3.05, 3.63) is 23.8 Å². The van der Waals surface area contributed by atoms with E-state index in [0.29, 0.717) is 29.7 Å². The van der Waals surface area contributed by atoms with Crippen LogP contribution in [-0.4, -0.2) is 44.2 Å². The minimum absolute atomic E-state index is 0.293. The predicted octanol–water partition coefficient (Wildman–Crippen LogP) is 2.44. The van der Waals surface area contributed by atoms with Crippen LogP contribution in [0.25, 0.3) is 0 Å². The van der Waals surface area contributed by atoms with Crippen LogP contribution in [0.2, 0.25) is 0 Å². The molecule has 3 fully saturated rings. The summed E-state index contributed by atoms with van der Waals surface area (Å²) in [6.45, 7) is 2.80. The van der Waals surface area contributed by atoms with E-state index in [-0.39, 0.29) is 0 Å². The molecule has 3 atom stereocenters. The van der Waals surface area contributed by atoms with Gasteiger partial charge in [-0.2, -0.15) is 0 Å². The Morgan fingerprint density at radius 2 is 1.80 bits per heavy atom. The summed E-state index contributed by atoms with van der Waals surface area (Å²) in [6.07, 6.45) is 4.88. The van der Waals surface area contributed by atoms with E-state index < -0.39 is 0 Å². The van der Waals surface area contributed by atoms with Gasteiger partial charge in [0.1, 0.15) is 11.5 Å². The van der Waals surface area contributed by atoms with E-state index in [9.17, 15) is 4.79 Å². The molecule has 1 aromatic rings. The molecule has 1 N–H and O–H groups in total. The van der Waals surface area contributed by atoms with Crippen LogP contribution in [0, 0.1) is 17.8 Å². The summed E-state index contributed by atoms with van der Waals surface area (Å²) >= 11 is 0. The molecule has 5 nitrogen and oxygen atoms in total. The van der Waals surface area contributed by atoms with Gasteiger partial charge in [0.15, 0.2) is 0 Å². The maximum atomic E-state index is 12.4. The SMILES string of the molecule is COc1cc(CN2CC[C@H](NC(=O)C3[C@@H]4CCC[C@@H]34)C2)cc(OC)c1. The number of fused-ring (bicyclic) bond motifs is 1. The number of carbonyl (C=O) groups is 1. The van der Waals surface area contributed by atoms with Crippen LogP contribution in [0.15, 0.2) is 18.2 Å². The molecule has 2 aliphatic carbocycles. The maximum absolute atomic E-state index is 12.4. The Morgan fingerprint density at radius 1 is 1.12 bits per heavy atom. The van der Waals surface area contributed by atoms with Gasteiger partial charge in [0, 0.05) is 37.7 Å². The lowest BCUT2D eigenvalue weighted by Gasteiger charge is -2.18. The molecular weight excluding hydrogens is 316 g/mol. The number of carbonyl (C=O) groups excluding carboxylic acids is 1. The van der Waals surface area contributed by atoms with Crippen molar-refractivity contribution in [3.8, 4) is 11.5 Å². The molecule has 25 heavy (non-hydrogen) atoms. The van der Waals surface area contributed by atoms with Gasteiger partial charge in [-0.1, -0.05) is 6.42 Å². The third kappa shape index (κ3) is 3.47. The quantitative estimate of drug-likeness (QED) is 0.861. The molecule has 1 aliphatic heterocycles. The molecule has 0 radical (unpaired) electrons. The Labute approximate surface area is 149 Å². The topological polar surface area (TPSA) is 50.8 Å². The monoisotopic (exact) mass is 344 g/mol. The first kappa shape index (κ1) is 16.7. The van der Waals surface area contributed by atoms with Crippen LogP contribution in [0.1, 0.15) is 31.2 Å². The standard InChI is InChI=1S/C20H28N2O3/c1-24-15-8-13(9-16(10-15)25-2)11-22-7-6-14(12-22)21-20(23)19-17-4-3-5-18(17)19/h8-10,14,17-19H,3-7,11-12H2,1-2H3,(H,21,23)/t14-,17+,18+/m0/s1. The number of rotatable bonds is 6. The van der Waals surface area contributed by atoms with E-state index in [1.54, 1.807) is 14.2 Å². The zero-order chi connectivity index (χ0) is 17.4. The Hall–Kier alpha value is -1.75. The van der Waals surface area contributed by atoms with Gasteiger partial charge in [0.25, 0.3) is 0 Å². The molecule has 1 heterocycles. The second-order valence-electron chi connectivity index (χ2n) is 7.73. The second kappa shape index (κ2) is 6.87. The minimum Gasteiger partial charge on any atom is -0.497 e.